The van der Waals surface area contributed by atoms with E-state index in [-0.39, 0.29) is 0 Å². The SMILES string of the molecule is O=C(O)CCCCCCCC=CCCCCCCCCC(=O)O. The summed E-state index contributed by atoms with van der Waals surface area (Å²) in [5.41, 5.74) is 0. The van der Waals surface area contributed by atoms with Crippen LogP contribution in [-0.2, 0) is 9.59 Å². The summed E-state index contributed by atoms with van der Waals surface area (Å²) in [4.78, 5) is 20.7. The van der Waals surface area contributed by atoms with Crippen molar-refractivity contribution in [2.45, 2.75) is 96.3 Å². The summed E-state index contributed by atoms with van der Waals surface area (Å²) < 4.78 is 0. The van der Waals surface area contributed by atoms with Crippen molar-refractivity contribution < 1.29 is 19.8 Å². The molecule has 0 heterocycles. The highest BCUT2D eigenvalue weighted by molar-refractivity contribution is 5.66. The molecule has 23 heavy (non-hydrogen) atoms. The number of carbonyl (C=O) groups is 2. The number of aliphatic carboxylic acids is 2. The average molecular weight is 326 g/mol. The highest BCUT2D eigenvalue weighted by Gasteiger charge is 1.97. The maximum atomic E-state index is 10.3. The first-order valence-corrected chi connectivity index (χ1v) is 9.21. The molecule has 0 rings (SSSR count). The van der Waals surface area contributed by atoms with Gasteiger partial charge in [0, 0.05) is 12.8 Å². The fourth-order valence-electron chi connectivity index (χ4n) is 2.55. The van der Waals surface area contributed by atoms with Gasteiger partial charge < -0.3 is 10.2 Å². The van der Waals surface area contributed by atoms with Gasteiger partial charge >= 0.3 is 11.9 Å². The number of allylic oxidation sites excluding steroid dienone is 2. The monoisotopic (exact) mass is 326 g/mol. The molecule has 0 saturated carbocycles. The molecule has 134 valence electrons. The molecule has 4 heteroatoms. The van der Waals surface area contributed by atoms with E-state index in [2.05, 4.69) is 12.2 Å². The molecule has 2 N–H and O–H groups in total. The molecule has 0 aromatic rings. The van der Waals surface area contributed by atoms with Crippen LogP contribution in [0.1, 0.15) is 96.3 Å². The maximum Gasteiger partial charge on any atom is 0.303 e. The van der Waals surface area contributed by atoms with E-state index in [1.807, 2.05) is 0 Å². The van der Waals surface area contributed by atoms with E-state index in [1.165, 1.54) is 32.1 Å². The Balaban J connectivity index is 3.11. The van der Waals surface area contributed by atoms with Crippen LogP contribution in [0.4, 0.5) is 0 Å². The van der Waals surface area contributed by atoms with Gasteiger partial charge in [0.1, 0.15) is 0 Å². The number of rotatable bonds is 17. The predicted molar refractivity (Wildman–Crippen MR) is 93.7 cm³/mol. The van der Waals surface area contributed by atoms with Crippen molar-refractivity contribution in [2.75, 3.05) is 0 Å². The van der Waals surface area contributed by atoms with Crippen molar-refractivity contribution >= 4 is 11.9 Å². The second kappa shape index (κ2) is 17.0. The summed E-state index contributed by atoms with van der Waals surface area (Å²) in [6, 6.07) is 0. The van der Waals surface area contributed by atoms with E-state index in [4.69, 9.17) is 10.2 Å². The molecule has 0 fully saturated rings. The molecule has 0 saturated heterocycles. The Hall–Kier alpha value is -1.32. The Kier molecular flexibility index (Phi) is 16.1. The van der Waals surface area contributed by atoms with Crippen molar-refractivity contribution in [1.82, 2.24) is 0 Å². The van der Waals surface area contributed by atoms with Crippen LogP contribution in [0.25, 0.3) is 0 Å². The molecule has 0 aromatic heterocycles. The Morgan fingerprint density at radius 2 is 0.826 bits per heavy atom. The Labute approximate surface area is 141 Å². The average Bonchev–Trinajstić information content (AvgIpc) is 2.49. The first-order chi connectivity index (χ1) is 11.1. The molecule has 0 amide bonds. The van der Waals surface area contributed by atoms with Crippen LogP contribution in [0.15, 0.2) is 12.2 Å². The number of unbranched alkanes of at least 4 members (excludes halogenated alkanes) is 11. The summed E-state index contributed by atoms with van der Waals surface area (Å²) in [6.45, 7) is 0. The first-order valence-electron chi connectivity index (χ1n) is 9.21. The molecule has 4 nitrogen and oxygen atoms in total. The molecule has 0 spiro atoms. The van der Waals surface area contributed by atoms with E-state index in [1.54, 1.807) is 0 Å². The van der Waals surface area contributed by atoms with Crippen LogP contribution < -0.4 is 0 Å². The minimum absolute atomic E-state index is 0.305. The summed E-state index contributed by atoms with van der Waals surface area (Å²) in [6.07, 6.45) is 19.5. The molecule has 0 aliphatic heterocycles. The van der Waals surface area contributed by atoms with E-state index < -0.39 is 11.9 Å². The summed E-state index contributed by atoms with van der Waals surface area (Å²) in [5, 5.41) is 17.0. The second-order valence-electron chi connectivity index (χ2n) is 6.23. The molecule has 0 aliphatic carbocycles. The van der Waals surface area contributed by atoms with Gasteiger partial charge in [-0.05, 0) is 38.5 Å². The number of carboxylic acid groups (broad SMARTS) is 2. The molecule has 0 aromatic carbocycles. The Morgan fingerprint density at radius 3 is 1.17 bits per heavy atom. The first kappa shape index (κ1) is 21.7. The van der Waals surface area contributed by atoms with Crippen LogP contribution in [0.5, 0.6) is 0 Å². The third kappa shape index (κ3) is 20.7. The second-order valence-corrected chi connectivity index (χ2v) is 6.23. The zero-order valence-corrected chi connectivity index (χ0v) is 14.5. The van der Waals surface area contributed by atoms with Crippen molar-refractivity contribution in [2.24, 2.45) is 0 Å². The third-order valence-electron chi connectivity index (χ3n) is 3.94. The fraction of sp³-hybridized carbons (Fsp3) is 0.789. The smallest absolute Gasteiger partial charge is 0.303 e. The van der Waals surface area contributed by atoms with E-state index >= 15 is 0 Å². The van der Waals surface area contributed by atoms with Crippen molar-refractivity contribution in [1.29, 1.82) is 0 Å². The summed E-state index contributed by atoms with van der Waals surface area (Å²) >= 11 is 0. The van der Waals surface area contributed by atoms with Gasteiger partial charge in [-0.3, -0.25) is 9.59 Å². The molecular formula is C19H34O4. The van der Waals surface area contributed by atoms with Crippen molar-refractivity contribution in [3.05, 3.63) is 12.2 Å². The number of hydrogen-bond acceptors (Lipinski definition) is 2. The quantitative estimate of drug-likeness (QED) is 0.271. The maximum absolute atomic E-state index is 10.3. The van der Waals surface area contributed by atoms with Gasteiger partial charge in [0.25, 0.3) is 0 Å². The highest BCUT2D eigenvalue weighted by atomic mass is 16.4. The standard InChI is InChI=1S/C19H34O4/c20-18(21)16-14-12-10-8-6-4-2-1-3-5-7-9-11-13-15-17-19(22)23/h1-2H,3-17H2,(H,20,21)(H,22,23). The van der Waals surface area contributed by atoms with Crippen LogP contribution in [0, 0.1) is 0 Å². The minimum Gasteiger partial charge on any atom is -0.481 e. The lowest BCUT2D eigenvalue weighted by Crippen LogP contribution is -1.93. The lowest BCUT2D eigenvalue weighted by Gasteiger charge is -2.00. The fourth-order valence-corrected chi connectivity index (χ4v) is 2.55. The lowest BCUT2D eigenvalue weighted by atomic mass is 10.1. The minimum atomic E-state index is -0.687. The Morgan fingerprint density at radius 1 is 0.522 bits per heavy atom. The number of hydrogen-bond donors (Lipinski definition) is 2. The zero-order chi connectivity index (χ0) is 17.2. The van der Waals surface area contributed by atoms with Gasteiger partial charge in [-0.1, -0.05) is 57.1 Å². The van der Waals surface area contributed by atoms with Crippen molar-refractivity contribution in [3.8, 4) is 0 Å². The molecule has 0 bridgehead atoms. The molecule has 0 unspecified atom stereocenters. The van der Waals surface area contributed by atoms with Gasteiger partial charge in [0.05, 0.1) is 0 Å². The van der Waals surface area contributed by atoms with E-state index in [0.29, 0.717) is 12.8 Å². The van der Waals surface area contributed by atoms with Gasteiger partial charge in [-0.15, -0.1) is 0 Å². The van der Waals surface area contributed by atoms with Crippen LogP contribution in [0.2, 0.25) is 0 Å². The molecule has 0 atom stereocenters. The highest BCUT2D eigenvalue weighted by Crippen LogP contribution is 2.10. The molecular weight excluding hydrogens is 292 g/mol. The van der Waals surface area contributed by atoms with Crippen molar-refractivity contribution in [3.63, 3.8) is 0 Å². The van der Waals surface area contributed by atoms with Crippen LogP contribution in [0.3, 0.4) is 0 Å². The lowest BCUT2D eigenvalue weighted by molar-refractivity contribution is -0.138. The normalized spacial score (nSPS) is 11.1. The predicted octanol–water partition coefficient (Wildman–Crippen LogP) is 5.56. The zero-order valence-electron chi connectivity index (χ0n) is 14.5. The van der Waals surface area contributed by atoms with Gasteiger partial charge in [0.15, 0.2) is 0 Å². The third-order valence-corrected chi connectivity index (χ3v) is 3.94. The summed E-state index contributed by atoms with van der Waals surface area (Å²) in [5.74, 6) is -1.37. The van der Waals surface area contributed by atoms with Gasteiger partial charge in [-0.25, -0.2) is 0 Å². The van der Waals surface area contributed by atoms with E-state index in [0.717, 1.165) is 51.4 Å². The molecule has 0 radical (unpaired) electrons. The topological polar surface area (TPSA) is 74.6 Å². The summed E-state index contributed by atoms with van der Waals surface area (Å²) in [7, 11) is 0. The van der Waals surface area contributed by atoms with Crippen LogP contribution >= 0.6 is 0 Å². The Bertz CT molecular complexity index is 323. The van der Waals surface area contributed by atoms with Gasteiger partial charge in [0.2, 0.25) is 0 Å². The number of carboxylic acids is 2. The van der Waals surface area contributed by atoms with E-state index in [9.17, 15) is 9.59 Å². The van der Waals surface area contributed by atoms with Gasteiger partial charge in [-0.2, -0.15) is 0 Å². The largest absolute Gasteiger partial charge is 0.481 e. The molecule has 0 aliphatic rings. The van der Waals surface area contributed by atoms with Crippen LogP contribution in [-0.4, -0.2) is 22.2 Å².